The van der Waals surface area contributed by atoms with Crippen molar-refractivity contribution in [3.05, 3.63) is 29.8 Å². The van der Waals surface area contributed by atoms with E-state index in [-0.39, 0.29) is 5.41 Å². The van der Waals surface area contributed by atoms with Crippen LogP contribution in [0.15, 0.2) is 24.3 Å². The molecule has 2 aliphatic rings. The molecule has 1 aromatic rings. The molecule has 0 amide bonds. The molecule has 0 aromatic heterocycles. The number of hydrogen-bond donors (Lipinski definition) is 0. The third-order valence-electron chi connectivity index (χ3n) is 5.75. The highest BCUT2D eigenvalue weighted by atomic mass is 16.5. The molecule has 140 valence electrons. The van der Waals surface area contributed by atoms with Crippen molar-refractivity contribution in [2.75, 3.05) is 66.8 Å². The van der Waals surface area contributed by atoms with Crippen LogP contribution < -0.4 is 4.74 Å². The Morgan fingerprint density at radius 3 is 2.88 bits per heavy atom. The predicted octanol–water partition coefficient (Wildman–Crippen LogP) is 2.11. The molecule has 2 atom stereocenters. The van der Waals surface area contributed by atoms with Gasteiger partial charge in [0.15, 0.2) is 0 Å². The van der Waals surface area contributed by atoms with Gasteiger partial charge in [-0.3, -0.25) is 4.90 Å². The number of nitrogens with zero attached hydrogens (tertiary/aromatic N) is 2. The Labute approximate surface area is 151 Å². The lowest BCUT2D eigenvalue weighted by atomic mass is 9.79. The highest BCUT2D eigenvalue weighted by Crippen LogP contribution is 2.38. The van der Waals surface area contributed by atoms with Gasteiger partial charge in [0, 0.05) is 51.8 Å². The molecule has 0 radical (unpaired) electrons. The van der Waals surface area contributed by atoms with Crippen LogP contribution in [0.25, 0.3) is 0 Å². The molecule has 1 spiro atoms. The second kappa shape index (κ2) is 8.49. The average molecular weight is 348 g/mol. The molecule has 5 nitrogen and oxygen atoms in total. The van der Waals surface area contributed by atoms with E-state index in [1.807, 2.05) is 6.07 Å². The molecule has 0 N–H and O–H groups in total. The maximum atomic E-state index is 6.04. The van der Waals surface area contributed by atoms with E-state index in [0.717, 1.165) is 64.8 Å². The summed E-state index contributed by atoms with van der Waals surface area (Å²) in [5.74, 6) is 1.56. The minimum atomic E-state index is 0.225. The highest BCUT2D eigenvalue weighted by molar-refractivity contribution is 5.28. The van der Waals surface area contributed by atoms with E-state index in [4.69, 9.17) is 14.2 Å². The van der Waals surface area contributed by atoms with Gasteiger partial charge in [-0.15, -0.1) is 0 Å². The van der Waals surface area contributed by atoms with Crippen molar-refractivity contribution in [1.29, 1.82) is 0 Å². The van der Waals surface area contributed by atoms with Crippen molar-refractivity contribution in [2.45, 2.75) is 13.5 Å². The number of likely N-dealkylation sites (tertiary alicyclic amines) is 1. The Morgan fingerprint density at radius 2 is 2.08 bits per heavy atom. The average Bonchev–Trinajstić information content (AvgIpc) is 2.78. The highest BCUT2D eigenvalue weighted by Gasteiger charge is 2.46. The quantitative estimate of drug-likeness (QED) is 0.787. The Bertz CT molecular complexity index is 553. The molecule has 2 aliphatic heterocycles. The summed E-state index contributed by atoms with van der Waals surface area (Å²) in [4.78, 5) is 5.09. The number of hydrogen-bond acceptors (Lipinski definition) is 5. The Kier molecular flexibility index (Phi) is 6.34. The molecule has 5 heteroatoms. The topological polar surface area (TPSA) is 34.2 Å². The molecular formula is C20H32N2O3. The van der Waals surface area contributed by atoms with E-state index >= 15 is 0 Å². The zero-order valence-corrected chi connectivity index (χ0v) is 15.9. The standard InChI is InChI=1S/C20H32N2O3/c1-17-12-21(7-9-23-2)14-20(17)15-22(8-10-25-16-20)13-18-5-4-6-19(11-18)24-3/h4-6,11,17H,7-10,12-16H2,1-3H3/t17-,20+/m1/s1. The van der Waals surface area contributed by atoms with E-state index in [9.17, 15) is 0 Å². The van der Waals surface area contributed by atoms with Gasteiger partial charge in [0.2, 0.25) is 0 Å². The first-order chi connectivity index (χ1) is 12.1. The lowest BCUT2D eigenvalue weighted by Crippen LogP contribution is -2.43. The van der Waals surface area contributed by atoms with Crippen LogP contribution in [0, 0.1) is 11.3 Å². The SMILES string of the molecule is COCCN1C[C@@H](C)[C@@]2(COCCN(Cc3cccc(OC)c3)C2)C1. The second-order valence-electron chi connectivity index (χ2n) is 7.61. The van der Waals surface area contributed by atoms with Crippen LogP contribution in [0.1, 0.15) is 12.5 Å². The predicted molar refractivity (Wildman–Crippen MR) is 99.0 cm³/mol. The Hall–Kier alpha value is -1.14. The van der Waals surface area contributed by atoms with E-state index in [1.54, 1.807) is 14.2 Å². The van der Waals surface area contributed by atoms with Crippen LogP contribution in [0.4, 0.5) is 0 Å². The minimum absolute atomic E-state index is 0.225. The lowest BCUT2D eigenvalue weighted by Gasteiger charge is -2.35. The van der Waals surface area contributed by atoms with Crippen molar-refractivity contribution in [1.82, 2.24) is 9.80 Å². The Balaban J connectivity index is 1.68. The first kappa shape index (κ1) is 18.6. The first-order valence-corrected chi connectivity index (χ1v) is 9.29. The third-order valence-corrected chi connectivity index (χ3v) is 5.75. The summed E-state index contributed by atoms with van der Waals surface area (Å²) in [6.45, 7) is 11.2. The number of benzene rings is 1. The third kappa shape index (κ3) is 4.53. The number of rotatable bonds is 6. The van der Waals surface area contributed by atoms with Gasteiger partial charge in [-0.1, -0.05) is 19.1 Å². The molecule has 3 rings (SSSR count). The van der Waals surface area contributed by atoms with Crippen LogP contribution >= 0.6 is 0 Å². The van der Waals surface area contributed by atoms with Gasteiger partial charge in [0.05, 0.1) is 26.9 Å². The fourth-order valence-corrected chi connectivity index (χ4v) is 4.23. The zero-order valence-electron chi connectivity index (χ0n) is 15.9. The van der Waals surface area contributed by atoms with Crippen molar-refractivity contribution in [2.24, 2.45) is 11.3 Å². The maximum absolute atomic E-state index is 6.04. The summed E-state index contributed by atoms with van der Waals surface area (Å²) in [5, 5.41) is 0. The minimum Gasteiger partial charge on any atom is -0.497 e. The van der Waals surface area contributed by atoms with Crippen LogP contribution in [0.3, 0.4) is 0 Å². The van der Waals surface area contributed by atoms with Crippen molar-refractivity contribution in [3.8, 4) is 5.75 Å². The van der Waals surface area contributed by atoms with Crippen LogP contribution in [-0.4, -0.2) is 76.6 Å². The molecule has 0 unspecified atom stereocenters. The molecule has 0 bridgehead atoms. The van der Waals surface area contributed by atoms with E-state index in [0.29, 0.717) is 5.92 Å². The fraction of sp³-hybridized carbons (Fsp3) is 0.700. The van der Waals surface area contributed by atoms with Crippen molar-refractivity contribution < 1.29 is 14.2 Å². The monoisotopic (exact) mass is 348 g/mol. The smallest absolute Gasteiger partial charge is 0.119 e. The summed E-state index contributed by atoms with van der Waals surface area (Å²) in [5.41, 5.74) is 1.53. The fourth-order valence-electron chi connectivity index (χ4n) is 4.23. The summed E-state index contributed by atoms with van der Waals surface area (Å²) < 4.78 is 16.7. The zero-order chi connectivity index (χ0) is 17.7. The first-order valence-electron chi connectivity index (χ1n) is 9.29. The molecule has 2 fully saturated rings. The van der Waals surface area contributed by atoms with Crippen LogP contribution in [0.2, 0.25) is 0 Å². The van der Waals surface area contributed by atoms with Gasteiger partial charge >= 0.3 is 0 Å². The van der Waals surface area contributed by atoms with Crippen LogP contribution in [-0.2, 0) is 16.0 Å². The van der Waals surface area contributed by atoms with Crippen molar-refractivity contribution in [3.63, 3.8) is 0 Å². The normalized spacial score (nSPS) is 28.4. The molecule has 2 saturated heterocycles. The van der Waals surface area contributed by atoms with E-state index in [2.05, 4.69) is 34.9 Å². The summed E-state index contributed by atoms with van der Waals surface area (Å²) in [6, 6.07) is 8.40. The van der Waals surface area contributed by atoms with Crippen LogP contribution in [0.5, 0.6) is 5.75 Å². The van der Waals surface area contributed by atoms with Gasteiger partial charge < -0.3 is 19.1 Å². The molecule has 1 aromatic carbocycles. The molecule has 0 aliphatic carbocycles. The van der Waals surface area contributed by atoms with Gasteiger partial charge in [0.25, 0.3) is 0 Å². The van der Waals surface area contributed by atoms with E-state index in [1.165, 1.54) is 5.56 Å². The largest absolute Gasteiger partial charge is 0.497 e. The van der Waals surface area contributed by atoms with Gasteiger partial charge in [0.1, 0.15) is 5.75 Å². The molecule has 2 heterocycles. The summed E-state index contributed by atoms with van der Waals surface area (Å²) in [7, 11) is 3.50. The summed E-state index contributed by atoms with van der Waals surface area (Å²) >= 11 is 0. The van der Waals surface area contributed by atoms with Gasteiger partial charge in [-0.05, 0) is 23.6 Å². The van der Waals surface area contributed by atoms with Gasteiger partial charge in [-0.25, -0.2) is 0 Å². The molecular weight excluding hydrogens is 316 g/mol. The summed E-state index contributed by atoms with van der Waals surface area (Å²) in [6.07, 6.45) is 0. The second-order valence-corrected chi connectivity index (χ2v) is 7.61. The van der Waals surface area contributed by atoms with Crippen molar-refractivity contribution >= 4 is 0 Å². The molecule has 0 saturated carbocycles. The maximum Gasteiger partial charge on any atom is 0.119 e. The number of methoxy groups -OCH3 is 2. The Morgan fingerprint density at radius 1 is 1.24 bits per heavy atom. The molecule has 25 heavy (non-hydrogen) atoms. The lowest BCUT2D eigenvalue weighted by molar-refractivity contribution is 0.0489. The van der Waals surface area contributed by atoms with E-state index < -0.39 is 0 Å². The van der Waals surface area contributed by atoms with Gasteiger partial charge in [-0.2, -0.15) is 0 Å². The number of ether oxygens (including phenoxy) is 3.